The van der Waals surface area contributed by atoms with E-state index in [-0.39, 0.29) is 23.7 Å². The molecule has 5 nitrogen and oxygen atoms in total. The minimum absolute atomic E-state index is 0.0403. The maximum Gasteiger partial charge on any atom is 0.334 e. The molecule has 1 saturated carbocycles. The van der Waals surface area contributed by atoms with E-state index in [1.165, 1.54) is 6.92 Å². The van der Waals surface area contributed by atoms with E-state index in [1.807, 2.05) is 19.9 Å². The Bertz CT molecular complexity index is 604. The van der Waals surface area contributed by atoms with E-state index in [0.717, 1.165) is 0 Å². The summed E-state index contributed by atoms with van der Waals surface area (Å²) in [6, 6.07) is 0. The number of fused-ring (bicyclic) bond motifs is 2. The second-order valence-electron chi connectivity index (χ2n) is 6.77. The summed E-state index contributed by atoms with van der Waals surface area (Å²) < 4.78 is 11.0. The Labute approximate surface area is 129 Å². The van der Waals surface area contributed by atoms with Gasteiger partial charge in [0.15, 0.2) is 5.78 Å². The van der Waals surface area contributed by atoms with Crippen LogP contribution in [0.25, 0.3) is 0 Å². The zero-order valence-electron chi connectivity index (χ0n) is 13.0. The number of carbonyl (C=O) groups excluding carboxylic acids is 3. The fourth-order valence-electron chi connectivity index (χ4n) is 4.33. The Balaban J connectivity index is 2.12. The quantitative estimate of drug-likeness (QED) is 0.546. The predicted octanol–water partition coefficient (Wildman–Crippen LogP) is 1.82. The summed E-state index contributed by atoms with van der Waals surface area (Å²) in [6.45, 7) is 8.99. The van der Waals surface area contributed by atoms with Gasteiger partial charge in [0, 0.05) is 12.5 Å². The number of esters is 2. The Morgan fingerprint density at radius 2 is 2.14 bits per heavy atom. The van der Waals surface area contributed by atoms with Gasteiger partial charge in [-0.15, -0.1) is 0 Å². The van der Waals surface area contributed by atoms with Gasteiger partial charge < -0.3 is 9.47 Å². The van der Waals surface area contributed by atoms with Crippen LogP contribution in [0.4, 0.5) is 0 Å². The molecule has 2 fully saturated rings. The van der Waals surface area contributed by atoms with Crippen LogP contribution in [0.2, 0.25) is 0 Å². The summed E-state index contributed by atoms with van der Waals surface area (Å²) >= 11 is 0. The lowest BCUT2D eigenvalue weighted by atomic mass is 9.67. The molecule has 0 aromatic rings. The molecule has 118 valence electrons. The first kappa shape index (κ1) is 15.0. The third kappa shape index (κ3) is 1.87. The Morgan fingerprint density at radius 1 is 1.45 bits per heavy atom. The number of ether oxygens (including phenoxy) is 2. The molecule has 2 aliphatic carbocycles. The lowest BCUT2D eigenvalue weighted by molar-refractivity contribution is -0.162. The molecule has 6 atom stereocenters. The van der Waals surface area contributed by atoms with Gasteiger partial charge in [-0.2, -0.15) is 0 Å². The highest BCUT2D eigenvalue weighted by Crippen LogP contribution is 2.54. The third-order valence-electron chi connectivity index (χ3n) is 5.43. The van der Waals surface area contributed by atoms with Crippen molar-refractivity contribution in [3.05, 3.63) is 24.3 Å². The Morgan fingerprint density at radius 3 is 2.77 bits per heavy atom. The molecule has 5 heteroatoms. The predicted molar refractivity (Wildman–Crippen MR) is 77.6 cm³/mol. The highest BCUT2D eigenvalue weighted by Gasteiger charge is 2.61. The first-order valence-electron chi connectivity index (χ1n) is 7.56. The van der Waals surface area contributed by atoms with E-state index in [9.17, 15) is 14.4 Å². The summed E-state index contributed by atoms with van der Waals surface area (Å²) in [7, 11) is 0. The average Bonchev–Trinajstić information content (AvgIpc) is 2.84. The molecule has 0 amide bonds. The standard InChI is InChI=1S/C17H20O5/c1-8-7-12-14(9(2)16(20)22-12)15(21-10(3)18)17(4)11(8)5-6-13(17)19/h5-6,8,11-12,14-15H,2,7H2,1,3-4H3/t8-,11?,12-,14-,15+,17+/m1/s1. The molecule has 3 aliphatic rings. The van der Waals surface area contributed by atoms with E-state index in [1.54, 1.807) is 6.08 Å². The molecule has 0 radical (unpaired) electrons. The minimum atomic E-state index is -0.874. The first-order chi connectivity index (χ1) is 10.3. The van der Waals surface area contributed by atoms with Gasteiger partial charge in [0.25, 0.3) is 0 Å². The van der Waals surface area contributed by atoms with Crippen LogP contribution < -0.4 is 0 Å². The lowest BCUT2D eigenvalue weighted by Crippen LogP contribution is -2.49. The van der Waals surface area contributed by atoms with Crippen LogP contribution in [-0.2, 0) is 23.9 Å². The number of carbonyl (C=O) groups is 3. The summed E-state index contributed by atoms with van der Waals surface area (Å²) in [5.41, 5.74) is -0.577. The van der Waals surface area contributed by atoms with Gasteiger partial charge in [0.05, 0.1) is 11.3 Å². The average molecular weight is 304 g/mol. The SMILES string of the molecule is C=C1C(=O)O[C@@H]2C[C@@H](C)C3C=CC(=O)[C@@]3(C)[C@@H](OC(C)=O)[C@H]12. The number of rotatable bonds is 1. The second kappa shape index (κ2) is 4.80. The fourth-order valence-corrected chi connectivity index (χ4v) is 4.33. The van der Waals surface area contributed by atoms with E-state index < -0.39 is 29.4 Å². The normalized spacial score (nSPS) is 43.4. The summed E-state index contributed by atoms with van der Waals surface area (Å²) in [6.07, 6.45) is 2.98. The van der Waals surface area contributed by atoms with E-state index in [4.69, 9.17) is 9.47 Å². The van der Waals surface area contributed by atoms with Crippen molar-refractivity contribution < 1.29 is 23.9 Å². The van der Waals surface area contributed by atoms with Gasteiger partial charge >= 0.3 is 11.9 Å². The molecular formula is C17H20O5. The lowest BCUT2D eigenvalue weighted by Gasteiger charge is -2.39. The summed E-state index contributed by atoms with van der Waals surface area (Å²) in [5, 5.41) is 0. The van der Waals surface area contributed by atoms with Gasteiger partial charge in [0.2, 0.25) is 0 Å². The zero-order valence-corrected chi connectivity index (χ0v) is 13.0. The smallest absolute Gasteiger partial charge is 0.334 e. The van der Waals surface area contributed by atoms with Crippen molar-refractivity contribution in [3.8, 4) is 0 Å². The largest absolute Gasteiger partial charge is 0.461 e. The first-order valence-corrected chi connectivity index (χ1v) is 7.56. The van der Waals surface area contributed by atoms with Gasteiger partial charge in [-0.1, -0.05) is 19.6 Å². The number of hydrogen-bond donors (Lipinski definition) is 0. The van der Waals surface area contributed by atoms with Crippen molar-refractivity contribution in [2.24, 2.45) is 23.2 Å². The molecule has 1 saturated heterocycles. The fraction of sp³-hybridized carbons (Fsp3) is 0.588. The number of hydrogen-bond acceptors (Lipinski definition) is 5. The van der Waals surface area contributed by atoms with Gasteiger partial charge in [0.1, 0.15) is 12.2 Å². The van der Waals surface area contributed by atoms with Gasteiger partial charge in [-0.05, 0) is 31.3 Å². The number of allylic oxidation sites excluding steroid dienone is 2. The van der Waals surface area contributed by atoms with Crippen LogP contribution in [0.15, 0.2) is 24.3 Å². The maximum absolute atomic E-state index is 12.6. The maximum atomic E-state index is 12.6. The van der Waals surface area contributed by atoms with Crippen molar-refractivity contribution >= 4 is 17.7 Å². The molecule has 0 aromatic carbocycles. The minimum Gasteiger partial charge on any atom is -0.461 e. The van der Waals surface area contributed by atoms with Crippen LogP contribution in [0.1, 0.15) is 27.2 Å². The van der Waals surface area contributed by atoms with Crippen LogP contribution in [0.5, 0.6) is 0 Å². The highest BCUT2D eigenvalue weighted by molar-refractivity contribution is 5.99. The van der Waals surface area contributed by atoms with E-state index in [0.29, 0.717) is 12.0 Å². The molecule has 0 spiro atoms. The van der Waals surface area contributed by atoms with Gasteiger partial charge in [-0.25, -0.2) is 4.79 Å². The molecule has 22 heavy (non-hydrogen) atoms. The highest BCUT2D eigenvalue weighted by atomic mass is 16.6. The molecule has 1 unspecified atom stereocenters. The monoisotopic (exact) mass is 304 g/mol. The van der Waals surface area contributed by atoms with Crippen LogP contribution in [-0.4, -0.2) is 29.9 Å². The number of ketones is 1. The van der Waals surface area contributed by atoms with E-state index >= 15 is 0 Å². The van der Waals surface area contributed by atoms with E-state index in [2.05, 4.69) is 6.58 Å². The van der Waals surface area contributed by atoms with Crippen LogP contribution >= 0.6 is 0 Å². The van der Waals surface area contributed by atoms with Crippen molar-refractivity contribution in [2.75, 3.05) is 0 Å². The third-order valence-corrected chi connectivity index (χ3v) is 5.43. The van der Waals surface area contributed by atoms with Gasteiger partial charge in [-0.3, -0.25) is 9.59 Å². The van der Waals surface area contributed by atoms with Crippen molar-refractivity contribution in [3.63, 3.8) is 0 Å². The molecule has 0 N–H and O–H groups in total. The molecule has 3 rings (SSSR count). The van der Waals surface area contributed by atoms with Crippen LogP contribution in [0, 0.1) is 23.2 Å². The Kier molecular flexibility index (Phi) is 3.27. The van der Waals surface area contributed by atoms with Crippen molar-refractivity contribution in [2.45, 2.75) is 39.4 Å². The molecule has 0 aromatic heterocycles. The summed E-state index contributed by atoms with van der Waals surface area (Å²) in [5.74, 6) is -1.35. The topological polar surface area (TPSA) is 69.7 Å². The van der Waals surface area contributed by atoms with Crippen LogP contribution in [0.3, 0.4) is 0 Å². The summed E-state index contributed by atoms with van der Waals surface area (Å²) in [4.78, 5) is 36.1. The van der Waals surface area contributed by atoms with Crippen molar-refractivity contribution in [1.29, 1.82) is 0 Å². The molecule has 0 bridgehead atoms. The van der Waals surface area contributed by atoms with Crippen molar-refractivity contribution in [1.82, 2.24) is 0 Å². The molecule has 1 heterocycles. The second-order valence-corrected chi connectivity index (χ2v) is 6.77. The molecule has 1 aliphatic heterocycles. The Hall–Kier alpha value is -1.91. The zero-order chi connectivity index (χ0) is 16.2. The molecular weight excluding hydrogens is 284 g/mol.